The fourth-order valence-corrected chi connectivity index (χ4v) is 2.30. The van der Waals surface area contributed by atoms with Crippen LogP contribution in [0.15, 0.2) is 36.5 Å². The topological polar surface area (TPSA) is 64.7 Å². The van der Waals surface area contributed by atoms with Crippen LogP contribution in [-0.4, -0.2) is 15.0 Å². The molecule has 0 unspecified atom stereocenters. The van der Waals surface area contributed by atoms with Crippen molar-refractivity contribution in [1.29, 1.82) is 0 Å². The van der Waals surface area contributed by atoms with E-state index in [0.717, 1.165) is 10.9 Å². The molecule has 0 saturated heterocycles. The van der Waals surface area contributed by atoms with Gasteiger partial charge in [-0.3, -0.25) is 4.98 Å². The van der Waals surface area contributed by atoms with Crippen LogP contribution in [0.1, 0.15) is 11.4 Å². The first kappa shape index (κ1) is 14.2. The van der Waals surface area contributed by atoms with Gasteiger partial charge in [0.05, 0.1) is 11.2 Å². The molecular formula is C15H11F3N4. The van der Waals surface area contributed by atoms with Gasteiger partial charge in [-0.05, 0) is 18.6 Å². The summed E-state index contributed by atoms with van der Waals surface area (Å²) in [5.41, 5.74) is 7.62. The highest BCUT2D eigenvalue weighted by Crippen LogP contribution is 2.32. The maximum atomic E-state index is 12.8. The van der Waals surface area contributed by atoms with Gasteiger partial charge in [-0.1, -0.05) is 18.2 Å². The molecule has 0 atom stereocenters. The number of aromatic nitrogens is 3. The van der Waals surface area contributed by atoms with E-state index in [1.807, 2.05) is 6.07 Å². The van der Waals surface area contributed by atoms with Crippen LogP contribution < -0.4 is 5.73 Å². The van der Waals surface area contributed by atoms with E-state index in [1.165, 1.54) is 6.07 Å². The van der Waals surface area contributed by atoms with Crippen molar-refractivity contribution >= 4 is 16.7 Å². The number of rotatable bonds is 1. The van der Waals surface area contributed by atoms with E-state index in [4.69, 9.17) is 5.73 Å². The zero-order chi connectivity index (χ0) is 15.9. The third kappa shape index (κ3) is 2.45. The van der Waals surface area contributed by atoms with Gasteiger partial charge in [0, 0.05) is 23.2 Å². The van der Waals surface area contributed by atoms with Gasteiger partial charge in [0.15, 0.2) is 0 Å². The molecule has 0 aliphatic heterocycles. The van der Waals surface area contributed by atoms with Crippen LogP contribution in [0.3, 0.4) is 0 Å². The lowest BCUT2D eigenvalue weighted by molar-refractivity contribution is -0.144. The van der Waals surface area contributed by atoms with E-state index in [-0.39, 0.29) is 11.5 Å². The highest BCUT2D eigenvalue weighted by atomic mass is 19.4. The van der Waals surface area contributed by atoms with Crippen LogP contribution in [0.4, 0.5) is 19.0 Å². The van der Waals surface area contributed by atoms with Crippen LogP contribution in [0.25, 0.3) is 22.2 Å². The molecule has 112 valence electrons. The van der Waals surface area contributed by atoms with Crippen LogP contribution in [0.2, 0.25) is 0 Å². The van der Waals surface area contributed by atoms with Crippen molar-refractivity contribution in [3.63, 3.8) is 0 Å². The van der Waals surface area contributed by atoms with Gasteiger partial charge >= 0.3 is 6.18 Å². The molecule has 22 heavy (non-hydrogen) atoms. The number of aryl methyl sites for hydroxylation is 1. The van der Waals surface area contributed by atoms with E-state index < -0.39 is 12.0 Å². The Labute approximate surface area is 123 Å². The molecule has 2 N–H and O–H groups in total. The summed E-state index contributed by atoms with van der Waals surface area (Å²) < 4.78 is 38.5. The van der Waals surface area contributed by atoms with Gasteiger partial charge in [0.25, 0.3) is 0 Å². The van der Waals surface area contributed by atoms with Gasteiger partial charge < -0.3 is 5.73 Å². The molecule has 3 aromatic rings. The Morgan fingerprint density at radius 2 is 1.86 bits per heavy atom. The first-order valence-corrected chi connectivity index (χ1v) is 6.43. The zero-order valence-corrected chi connectivity index (χ0v) is 11.5. The van der Waals surface area contributed by atoms with Gasteiger partial charge in [-0.15, -0.1) is 0 Å². The van der Waals surface area contributed by atoms with Crippen LogP contribution in [-0.2, 0) is 6.18 Å². The lowest BCUT2D eigenvalue weighted by Crippen LogP contribution is -2.13. The number of halogens is 3. The first-order valence-electron chi connectivity index (χ1n) is 6.43. The van der Waals surface area contributed by atoms with Gasteiger partial charge in [-0.25, -0.2) is 9.97 Å². The van der Waals surface area contributed by atoms with Crippen molar-refractivity contribution in [2.45, 2.75) is 13.1 Å². The molecule has 0 bridgehead atoms. The Morgan fingerprint density at radius 3 is 2.59 bits per heavy atom. The largest absolute Gasteiger partial charge is 0.451 e. The molecule has 0 spiro atoms. The van der Waals surface area contributed by atoms with E-state index in [0.29, 0.717) is 11.1 Å². The number of benzene rings is 1. The predicted octanol–water partition coefficient (Wildman–Crippen LogP) is 3.60. The molecule has 0 radical (unpaired) electrons. The molecular weight excluding hydrogens is 293 g/mol. The zero-order valence-electron chi connectivity index (χ0n) is 11.5. The van der Waals surface area contributed by atoms with Crippen molar-refractivity contribution in [2.75, 3.05) is 5.73 Å². The van der Waals surface area contributed by atoms with Crippen LogP contribution >= 0.6 is 0 Å². The maximum Gasteiger partial charge on any atom is 0.451 e. The molecule has 2 aromatic heterocycles. The summed E-state index contributed by atoms with van der Waals surface area (Å²) in [5.74, 6) is -1.47. The summed E-state index contributed by atoms with van der Waals surface area (Å²) in [6.45, 7) is 1.79. The van der Waals surface area contributed by atoms with Crippen molar-refractivity contribution in [3.05, 3.63) is 47.9 Å². The molecule has 7 heteroatoms. The number of anilines is 1. The number of alkyl halides is 3. The molecule has 3 rings (SSSR count). The van der Waals surface area contributed by atoms with E-state index >= 15 is 0 Å². The Hall–Kier alpha value is -2.70. The number of pyridine rings is 1. The SMILES string of the molecule is Cc1c(-c2cc(N)nc(C(F)(F)F)n2)ccc2cccnc12. The minimum absolute atomic E-state index is 0.130. The van der Waals surface area contributed by atoms with E-state index in [1.54, 1.807) is 31.3 Å². The Morgan fingerprint density at radius 1 is 1.09 bits per heavy atom. The Bertz CT molecular complexity index is 859. The van der Waals surface area contributed by atoms with Crippen LogP contribution in [0, 0.1) is 6.92 Å². The highest BCUT2D eigenvalue weighted by molar-refractivity contribution is 5.88. The molecule has 0 saturated carbocycles. The molecule has 4 nitrogen and oxygen atoms in total. The highest BCUT2D eigenvalue weighted by Gasteiger charge is 2.35. The van der Waals surface area contributed by atoms with Gasteiger partial charge in [-0.2, -0.15) is 13.2 Å². The standard InChI is InChI=1S/C15H11F3N4/c1-8-10(5-4-9-3-2-6-20-13(8)9)11-7-12(19)22-14(21-11)15(16,17)18/h2-7H,1H3,(H2,19,21,22). The van der Waals surface area contributed by atoms with E-state index in [2.05, 4.69) is 15.0 Å². The molecule has 0 amide bonds. The summed E-state index contributed by atoms with van der Waals surface area (Å²) >= 11 is 0. The second kappa shape index (κ2) is 4.94. The lowest BCUT2D eigenvalue weighted by Gasteiger charge is -2.11. The third-order valence-corrected chi connectivity index (χ3v) is 3.30. The molecule has 1 aromatic carbocycles. The first-order chi connectivity index (χ1) is 10.4. The predicted molar refractivity (Wildman–Crippen MR) is 76.9 cm³/mol. The maximum absolute atomic E-state index is 12.8. The second-order valence-electron chi connectivity index (χ2n) is 4.81. The average molecular weight is 304 g/mol. The fraction of sp³-hybridized carbons (Fsp3) is 0.133. The summed E-state index contributed by atoms with van der Waals surface area (Å²) in [6, 6.07) is 8.50. The number of nitrogens with zero attached hydrogens (tertiary/aromatic N) is 3. The van der Waals surface area contributed by atoms with E-state index in [9.17, 15) is 13.2 Å². The van der Waals surface area contributed by atoms with Gasteiger partial charge in [0.2, 0.25) is 5.82 Å². The lowest BCUT2D eigenvalue weighted by atomic mass is 10.0. The monoisotopic (exact) mass is 304 g/mol. The van der Waals surface area contributed by atoms with Crippen molar-refractivity contribution < 1.29 is 13.2 Å². The van der Waals surface area contributed by atoms with Crippen molar-refractivity contribution in [1.82, 2.24) is 15.0 Å². The van der Waals surface area contributed by atoms with Crippen LogP contribution in [0.5, 0.6) is 0 Å². The molecule has 0 aliphatic carbocycles. The van der Waals surface area contributed by atoms with Crippen molar-refractivity contribution in [2.24, 2.45) is 0 Å². The van der Waals surface area contributed by atoms with Gasteiger partial charge in [0.1, 0.15) is 5.82 Å². The summed E-state index contributed by atoms with van der Waals surface area (Å²) in [5, 5.41) is 0.904. The summed E-state index contributed by atoms with van der Waals surface area (Å²) in [7, 11) is 0. The molecule has 2 heterocycles. The Kier molecular flexibility index (Phi) is 3.20. The van der Waals surface area contributed by atoms with Crippen molar-refractivity contribution in [3.8, 4) is 11.3 Å². The fourth-order valence-electron chi connectivity index (χ4n) is 2.30. The number of nitrogen functional groups attached to an aromatic ring is 1. The number of nitrogens with two attached hydrogens (primary N) is 1. The second-order valence-corrected chi connectivity index (χ2v) is 4.81. The minimum Gasteiger partial charge on any atom is -0.384 e. The Balaban J connectivity index is 2.24. The smallest absolute Gasteiger partial charge is 0.384 e. The normalized spacial score (nSPS) is 11.8. The minimum atomic E-state index is -4.65. The number of hydrogen-bond acceptors (Lipinski definition) is 4. The average Bonchev–Trinajstić information content (AvgIpc) is 2.46. The summed E-state index contributed by atoms with van der Waals surface area (Å²) in [6.07, 6.45) is -3.01. The number of hydrogen-bond donors (Lipinski definition) is 1. The summed E-state index contributed by atoms with van der Waals surface area (Å²) in [4.78, 5) is 11.1. The number of fused-ring (bicyclic) bond motifs is 1. The quantitative estimate of drug-likeness (QED) is 0.746. The third-order valence-electron chi connectivity index (χ3n) is 3.30. The molecule has 0 aliphatic rings. The molecule has 0 fully saturated rings.